The minimum atomic E-state index is -7.08. The molecule has 2 aromatic carbocycles. The highest BCUT2D eigenvalue weighted by Gasteiger charge is 2.84. The third kappa shape index (κ3) is 5.00. The van der Waals surface area contributed by atoms with Gasteiger partial charge in [0.15, 0.2) is 0 Å². The maximum atomic E-state index is 14.1. The summed E-state index contributed by atoms with van der Waals surface area (Å²) in [4.78, 5) is 23.4. The molecule has 0 radical (unpaired) electrons. The molecule has 2 N–H and O–H groups in total. The first-order valence-electron chi connectivity index (χ1n) is 8.40. The van der Waals surface area contributed by atoms with Crippen LogP contribution in [0.25, 0.3) is 0 Å². The summed E-state index contributed by atoms with van der Waals surface area (Å²) in [6, 6.07) is 5.20. The molecule has 0 aliphatic heterocycles. The molecule has 0 bridgehead atoms. The summed E-state index contributed by atoms with van der Waals surface area (Å²) in [5, 5.41) is 0.981. The van der Waals surface area contributed by atoms with Gasteiger partial charge in [-0.2, -0.15) is 35.1 Å². The van der Waals surface area contributed by atoms with Crippen molar-refractivity contribution in [3.63, 3.8) is 0 Å². The topological polar surface area (TPSA) is 58.2 Å². The van der Waals surface area contributed by atoms with Crippen molar-refractivity contribution >= 4 is 69.6 Å². The number of rotatable bonds is 7. The van der Waals surface area contributed by atoms with Crippen molar-refractivity contribution in [2.75, 3.05) is 10.6 Å². The molecule has 2 amide bonds. The zero-order valence-electron chi connectivity index (χ0n) is 15.8. The number of alkyl halides is 8. The van der Waals surface area contributed by atoms with Crippen LogP contribution >= 0.6 is 46.4 Å². The van der Waals surface area contributed by atoms with E-state index in [0.29, 0.717) is 0 Å². The molecule has 34 heavy (non-hydrogen) atoms. The van der Waals surface area contributed by atoms with Crippen LogP contribution in [0.3, 0.4) is 0 Å². The lowest BCUT2D eigenvalue weighted by atomic mass is 9.97. The lowest BCUT2D eigenvalue weighted by molar-refractivity contribution is -0.345. The van der Waals surface area contributed by atoms with Crippen molar-refractivity contribution in [2.24, 2.45) is 0 Å². The predicted octanol–water partition coefficient (Wildman–Crippen LogP) is 7.42. The first-order valence-corrected chi connectivity index (χ1v) is 9.91. The zero-order chi connectivity index (χ0) is 26.3. The fourth-order valence-electron chi connectivity index (χ4n) is 2.26. The molecule has 0 fully saturated rings. The molecule has 2 rings (SSSR count). The molecule has 0 unspecified atom stereocenters. The van der Waals surface area contributed by atoms with Crippen LogP contribution < -0.4 is 10.6 Å². The van der Waals surface area contributed by atoms with E-state index < -0.39 is 56.9 Å². The van der Waals surface area contributed by atoms with Crippen molar-refractivity contribution in [1.29, 1.82) is 0 Å². The number of carbonyl (C=O) groups is 2. The monoisotopic (exact) mass is 576 g/mol. The fourth-order valence-corrected chi connectivity index (χ4v) is 3.17. The normalized spacial score (nSPS) is 12.9. The molecule has 0 aliphatic rings. The van der Waals surface area contributed by atoms with Crippen molar-refractivity contribution in [3.8, 4) is 0 Å². The van der Waals surface area contributed by atoms with E-state index in [1.165, 1.54) is 0 Å². The van der Waals surface area contributed by atoms with E-state index in [9.17, 15) is 44.7 Å². The van der Waals surface area contributed by atoms with E-state index in [-0.39, 0.29) is 10.0 Å². The molecular weight excluding hydrogens is 570 g/mol. The van der Waals surface area contributed by atoms with Gasteiger partial charge in [-0.25, -0.2) is 0 Å². The van der Waals surface area contributed by atoms with Crippen LogP contribution in [0.5, 0.6) is 0 Å². The van der Waals surface area contributed by atoms with Crippen molar-refractivity contribution in [3.05, 3.63) is 56.5 Å². The number of halogens is 12. The van der Waals surface area contributed by atoms with Gasteiger partial charge in [-0.1, -0.05) is 46.4 Å². The molecule has 2 aromatic rings. The predicted molar refractivity (Wildman–Crippen MR) is 110 cm³/mol. The van der Waals surface area contributed by atoms with Crippen LogP contribution in [0, 0.1) is 0 Å². The molecule has 0 heterocycles. The fraction of sp³-hybridized carbons (Fsp3) is 0.222. The number of anilines is 2. The third-order valence-corrected chi connectivity index (χ3v) is 5.21. The molecule has 0 atom stereocenters. The SMILES string of the molecule is O=C(Nc1ccc(Cl)cc1Cl)C(F)(F)C(F)(F)C(F)(F)C(F)(F)C(=O)Nc1ccc(Cl)cc1Cl. The van der Waals surface area contributed by atoms with E-state index in [1.54, 1.807) is 0 Å². The number of nitrogens with one attached hydrogen (secondary N) is 2. The second-order valence-electron chi connectivity index (χ2n) is 6.45. The van der Waals surface area contributed by atoms with Gasteiger partial charge in [0.25, 0.3) is 0 Å². The molecular formula is C18H8Cl4F8N2O2. The first kappa shape index (κ1) is 28.2. The highest BCUT2D eigenvalue weighted by molar-refractivity contribution is 6.37. The van der Waals surface area contributed by atoms with Crippen LogP contribution in [0.2, 0.25) is 20.1 Å². The Labute approximate surface area is 205 Å². The van der Waals surface area contributed by atoms with Gasteiger partial charge in [-0.3, -0.25) is 9.59 Å². The second kappa shape index (κ2) is 9.56. The molecule has 0 aliphatic carbocycles. The van der Waals surface area contributed by atoms with Gasteiger partial charge in [0.2, 0.25) is 0 Å². The van der Waals surface area contributed by atoms with Crippen molar-refractivity contribution < 1.29 is 44.7 Å². The number of amides is 2. The highest BCUT2D eigenvalue weighted by atomic mass is 35.5. The Morgan fingerprint density at radius 2 is 0.882 bits per heavy atom. The smallest absolute Gasteiger partial charge is 0.319 e. The van der Waals surface area contributed by atoms with Gasteiger partial charge in [-0.05, 0) is 36.4 Å². The second-order valence-corrected chi connectivity index (χ2v) is 8.14. The number of benzene rings is 2. The van der Waals surface area contributed by atoms with E-state index in [0.717, 1.165) is 47.0 Å². The minimum absolute atomic E-state index is 0.0712. The van der Waals surface area contributed by atoms with E-state index in [1.807, 2.05) is 0 Å². The molecule has 0 saturated carbocycles. The van der Waals surface area contributed by atoms with E-state index in [4.69, 9.17) is 46.4 Å². The van der Waals surface area contributed by atoms with Crippen LogP contribution in [-0.2, 0) is 9.59 Å². The standard InChI is InChI=1S/C18H8Cl4F8N2O2/c19-7-1-3-11(9(21)5-7)31-13(33)15(23,24)17(27,28)18(29,30)16(25,26)14(34)32-12-4-2-8(20)6-10(12)22/h1-6H,(H,31,33)(H,32,34). The van der Waals surface area contributed by atoms with Gasteiger partial charge in [0.05, 0.1) is 21.4 Å². The van der Waals surface area contributed by atoms with Crippen LogP contribution in [0.4, 0.5) is 46.5 Å². The highest BCUT2D eigenvalue weighted by Crippen LogP contribution is 2.53. The van der Waals surface area contributed by atoms with Crippen LogP contribution in [0.15, 0.2) is 36.4 Å². The number of carbonyl (C=O) groups excluding carboxylic acids is 2. The van der Waals surface area contributed by atoms with E-state index >= 15 is 0 Å². The summed E-state index contributed by atoms with van der Waals surface area (Å²) in [6.07, 6.45) is 0. The van der Waals surface area contributed by atoms with Crippen molar-refractivity contribution in [2.45, 2.75) is 23.7 Å². The lowest BCUT2D eigenvalue weighted by Gasteiger charge is -2.35. The molecule has 186 valence electrons. The average molecular weight is 578 g/mol. The molecule has 0 saturated heterocycles. The zero-order valence-corrected chi connectivity index (χ0v) is 18.8. The average Bonchev–Trinajstić information content (AvgIpc) is 2.71. The summed E-state index contributed by atoms with van der Waals surface area (Å²) in [7, 11) is 0. The summed E-state index contributed by atoms with van der Waals surface area (Å²) >= 11 is 22.2. The number of hydrogen-bond acceptors (Lipinski definition) is 2. The van der Waals surface area contributed by atoms with Gasteiger partial charge in [0, 0.05) is 10.0 Å². The Hall–Kier alpha value is -2.02. The maximum absolute atomic E-state index is 14.1. The maximum Gasteiger partial charge on any atom is 0.393 e. The summed E-state index contributed by atoms with van der Waals surface area (Å²) in [5.74, 6) is -33.3. The van der Waals surface area contributed by atoms with Crippen molar-refractivity contribution in [1.82, 2.24) is 0 Å². The Morgan fingerprint density at radius 1 is 0.588 bits per heavy atom. The Morgan fingerprint density at radius 3 is 1.15 bits per heavy atom. The Balaban J connectivity index is 2.36. The quantitative estimate of drug-likeness (QED) is 0.337. The molecule has 0 aromatic heterocycles. The Kier molecular flexibility index (Phi) is 7.93. The van der Waals surface area contributed by atoms with E-state index in [2.05, 4.69) is 0 Å². The van der Waals surface area contributed by atoms with Crippen LogP contribution in [-0.4, -0.2) is 35.5 Å². The van der Waals surface area contributed by atoms with Gasteiger partial charge in [0.1, 0.15) is 0 Å². The lowest BCUT2D eigenvalue weighted by Crippen LogP contribution is -2.67. The largest absolute Gasteiger partial charge is 0.393 e. The Bertz CT molecular complexity index is 1040. The summed E-state index contributed by atoms with van der Waals surface area (Å²) < 4.78 is 113. The van der Waals surface area contributed by atoms with Gasteiger partial charge >= 0.3 is 35.5 Å². The molecule has 4 nitrogen and oxygen atoms in total. The third-order valence-electron chi connectivity index (χ3n) is 4.11. The summed E-state index contributed by atoms with van der Waals surface area (Å²) in [5.41, 5.74) is -1.53. The minimum Gasteiger partial charge on any atom is -0.319 e. The summed E-state index contributed by atoms with van der Waals surface area (Å²) in [6.45, 7) is 0. The van der Waals surface area contributed by atoms with Gasteiger partial charge < -0.3 is 10.6 Å². The van der Waals surface area contributed by atoms with Crippen LogP contribution in [0.1, 0.15) is 0 Å². The molecule has 0 spiro atoms. The molecule has 16 heteroatoms. The first-order chi connectivity index (χ1) is 15.4. The van der Waals surface area contributed by atoms with Gasteiger partial charge in [-0.15, -0.1) is 0 Å². The number of hydrogen-bond donors (Lipinski definition) is 2.